The van der Waals surface area contributed by atoms with Crippen molar-refractivity contribution in [1.29, 1.82) is 0 Å². The van der Waals surface area contributed by atoms with Gasteiger partial charge in [0.05, 0.1) is 72.3 Å². The van der Waals surface area contributed by atoms with E-state index in [-0.39, 0.29) is 0 Å². The van der Waals surface area contributed by atoms with Gasteiger partial charge in [-0.15, -0.1) is 0 Å². The highest BCUT2D eigenvalue weighted by atomic mass is 15.1. The molecule has 0 aliphatic carbocycles. The van der Waals surface area contributed by atoms with Gasteiger partial charge >= 0.3 is 0 Å². The molecule has 0 fully saturated rings. The van der Waals surface area contributed by atoms with Crippen LogP contribution in [-0.4, -0.2) is 33.1 Å². The van der Waals surface area contributed by atoms with Crippen LogP contribution >= 0.6 is 0 Å². The Morgan fingerprint density at radius 2 is 0.539 bits per heavy atom. The Hall–Kier alpha value is -10.4. The summed E-state index contributed by atoms with van der Waals surface area (Å²) in [5.74, 6) is 1.76. The minimum absolute atomic E-state index is 0.573. The Morgan fingerprint density at radius 3 is 0.974 bits per heavy atom. The Balaban J connectivity index is 1.25. The zero-order valence-electron chi connectivity index (χ0n) is 40.8. The highest BCUT2D eigenvalue weighted by Crippen LogP contribution is 2.53. The fourth-order valence-corrected chi connectivity index (χ4v) is 12.9. The quantitative estimate of drug-likeness (QED) is 0.167. The van der Waals surface area contributed by atoms with Crippen LogP contribution in [0, 0.1) is 0 Å². The molecule has 7 heteroatoms. The summed E-state index contributed by atoms with van der Waals surface area (Å²) in [5.41, 5.74) is 15.6. The summed E-state index contributed by atoms with van der Waals surface area (Å²) in [7, 11) is 0. The molecule has 17 rings (SSSR count). The summed E-state index contributed by atoms with van der Waals surface area (Å²) in [4.78, 5) is 16.9. The van der Waals surface area contributed by atoms with Crippen LogP contribution in [-0.2, 0) is 0 Å². The number of aromatic nitrogens is 7. The standard InChI is InChI=1S/C69H41N7/c1-3-22-42(23-4-1)67-70-68(43-24-5-2-6-25-43)72-69(71-67)61-60-52-34-21-33-51-50-32-13-20-41-59(50)76(62(51)52)63(60)65(74-55-37-16-9-28-46(55)47-29-10-17-38-56(47)74)66(75-57-39-18-11-30-48(57)49-31-12-19-40-58(49)75)64(61)73-53-35-14-7-26-44(53)45-27-8-15-36-54(45)73/h1-41H. The Labute approximate surface area is 434 Å². The van der Waals surface area contributed by atoms with Crippen LogP contribution in [0.2, 0.25) is 0 Å². The van der Waals surface area contributed by atoms with E-state index in [1.54, 1.807) is 0 Å². The zero-order valence-corrected chi connectivity index (χ0v) is 40.8. The van der Waals surface area contributed by atoms with Crippen LogP contribution < -0.4 is 0 Å². The normalized spacial score (nSPS) is 12.2. The molecular formula is C69H41N7. The molecule has 0 amide bonds. The molecule has 6 heterocycles. The minimum Gasteiger partial charge on any atom is -0.306 e. The Kier molecular flexibility index (Phi) is 8.43. The molecule has 0 aliphatic heterocycles. The third kappa shape index (κ3) is 5.52. The molecule has 0 aliphatic rings. The number of hydrogen-bond donors (Lipinski definition) is 0. The van der Waals surface area contributed by atoms with Crippen LogP contribution in [0.25, 0.3) is 155 Å². The van der Waals surface area contributed by atoms with Crippen molar-refractivity contribution >= 4 is 104 Å². The van der Waals surface area contributed by atoms with Crippen LogP contribution in [0.5, 0.6) is 0 Å². The molecular weight excluding hydrogens is 927 g/mol. The van der Waals surface area contributed by atoms with Crippen molar-refractivity contribution in [3.8, 4) is 51.2 Å². The molecule has 17 aromatic rings. The summed E-state index contributed by atoms with van der Waals surface area (Å²) in [6, 6.07) is 89.8. The van der Waals surface area contributed by atoms with Crippen molar-refractivity contribution < 1.29 is 0 Å². The summed E-state index contributed by atoms with van der Waals surface area (Å²) >= 11 is 0. The van der Waals surface area contributed by atoms with Gasteiger partial charge in [-0.1, -0.05) is 206 Å². The van der Waals surface area contributed by atoms with Gasteiger partial charge in [-0.25, -0.2) is 15.0 Å². The van der Waals surface area contributed by atoms with Crippen molar-refractivity contribution in [2.24, 2.45) is 0 Å². The van der Waals surface area contributed by atoms with Gasteiger partial charge in [0.1, 0.15) is 0 Å². The second kappa shape index (κ2) is 15.6. The number of nitrogens with zero attached hydrogens (tertiary/aromatic N) is 7. The molecule has 0 spiro atoms. The predicted molar refractivity (Wildman–Crippen MR) is 314 cm³/mol. The number of fused-ring (bicyclic) bond motifs is 15. The van der Waals surface area contributed by atoms with Crippen molar-refractivity contribution in [2.75, 3.05) is 0 Å². The van der Waals surface area contributed by atoms with Crippen LogP contribution in [0.3, 0.4) is 0 Å². The minimum atomic E-state index is 0.573. The van der Waals surface area contributed by atoms with Crippen LogP contribution in [0.4, 0.5) is 0 Å². The SMILES string of the molecule is c1ccc(-c2nc(-c3ccccc3)nc(-c3c(-n4c5ccccc5c5ccccc54)c(-n4c5ccccc5c5ccccc54)c(-n4c5ccccc5c5ccccc54)c4c3c3cccc5c6ccccc6n4c53)n2)cc1. The van der Waals surface area contributed by atoms with Gasteiger partial charge in [-0.05, 0) is 42.5 Å². The summed E-state index contributed by atoms with van der Waals surface area (Å²) in [6.45, 7) is 0. The molecule has 7 nitrogen and oxygen atoms in total. The largest absolute Gasteiger partial charge is 0.306 e. The third-order valence-electron chi connectivity index (χ3n) is 15.9. The Morgan fingerprint density at radius 1 is 0.224 bits per heavy atom. The lowest BCUT2D eigenvalue weighted by atomic mass is 9.97. The molecule has 352 valence electrons. The van der Waals surface area contributed by atoms with Gasteiger partial charge in [-0.3, -0.25) is 0 Å². The average Bonchev–Trinajstić information content (AvgIpc) is 4.48. The third-order valence-corrected chi connectivity index (χ3v) is 15.9. The number of rotatable bonds is 6. The zero-order chi connectivity index (χ0) is 49.6. The molecule has 0 radical (unpaired) electrons. The smallest absolute Gasteiger partial charge is 0.167 e. The summed E-state index contributed by atoms with van der Waals surface area (Å²) < 4.78 is 10.2. The molecule has 76 heavy (non-hydrogen) atoms. The number of para-hydroxylation sites is 8. The molecule has 0 N–H and O–H groups in total. The highest BCUT2D eigenvalue weighted by Gasteiger charge is 2.35. The van der Waals surface area contributed by atoms with Crippen LogP contribution in [0.1, 0.15) is 0 Å². The molecule has 0 bridgehead atoms. The second-order valence-electron chi connectivity index (χ2n) is 19.8. The first-order chi connectivity index (χ1) is 37.8. The van der Waals surface area contributed by atoms with E-state index in [0.717, 1.165) is 116 Å². The summed E-state index contributed by atoms with van der Waals surface area (Å²) in [6.07, 6.45) is 0. The van der Waals surface area contributed by atoms with Crippen molar-refractivity contribution in [3.63, 3.8) is 0 Å². The molecule has 0 saturated heterocycles. The van der Waals surface area contributed by atoms with E-state index in [9.17, 15) is 0 Å². The van der Waals surface area contributed by atoms with E-state index in [1.807, 2.05) is 12.1 Å². The van der Waals surface area contributed by atoms with Gasteiger partial charge in [0.25, 0.3) is 0 Å². The maximum atomic E-state index is 5.76. The van der Waals surface area contributed by atoms with Crippen molar-refractivity contribution in [1.82, 2.24) is 33.1 Å². The van der Waals surface area contributed by atoms with E-state index in [4.69, 9.17) is 15.0 Å². The molecule has 0 unspecified atom stereocenters. The molecule has 0 atom stereocenters. The number of hydrogen-bond acceptors (Lipinski definition) is 3. The topological polar surface area (TPSA) is 57.9 Å². The monoisotopic (exact) mass is 967 g/mol. The highest BCUT2D eigenvalue weighted by molar-refractivity contribution is 6.30. The van der Waals surface area contributed by atoms with E-state index in [1.165, 1.54) is 21.5 Å². The van der Waals surface area contributed by atoms with Gasteiger partial charge in [-0.2, -0.15) is 0 Å². The maximum Gasteiger partial charge on any atom is 0.167 e. The van der Waals surface area contributed by atoms with E-state index in [2.05, 4.69) is 255 Å². The summed E-state index contributed by atoms with van der Waals surface area (Å²) in [5, 5.41) is 11.5. The average molecular weight is 968 g/mol. The van der Waals surface area contributed by atoms with Crippen molar-refractivity contribution in [2.45, 2.75) is 0 Å². The van der Waals surface area contributed by atoms with Crippen molar-refractivity contribution in [3.05, 3.63) is 249 Å². The van der Waals surface area contributed by atoms with Gasteiger partial charge < -0.3 is 18.1 Å². The fourth-order valence-electron chi connectivity index (χ4n) is 12.9. The van der Waals surface area contributed by atoms with Crippen LogP contribution in [0.15, 0.2) is 249 Å². The maximum absolute atomic E-state index is 5.76. The first kappa shape index (κ1) is 41.1. The first-order valence-corrected chi connectivity index (χ1v) is 25.9. The first-order valence-electron chi connectivity index (χ1n) is 25.9. The fraction of sp³-hybridized carbons (Fsp3) is 0. The molecule has 11 aromatic carbocycles. The second-order valence-corrected chi connectivity index (χ2v) is 19.8. The predicted octanol–water partition coefficient (Wildman–Crippen LogP) is 17.3. The lowest BCUT2D eigenvalue weighted by molar-refractivity contribution is 1.04. The lowest BCUT2D eigenvalue weighted by Gasteiger charge is -2.26. The number of benzene rings is 11. The Bertz CT molecular complexity index is 5010. The molecule has 6 aromatic heterocycles. The van der Waals surface area contributed by atoms with Gasteiger partial charge in [0, 0.05) is 65.0 Å². The van der Waals surface area contributed by atoms with E-state index >= 15 is 0 Å². The van der Waals surface area contributed by atoms with E-state index in [0.29, 0.717) is 17.5 Å². The van der Waals surface area contributed by atoms with Gasteiger partial charge in [0.15, 0.2) is 17.5 Å². The van der Waals surface area contributed by atoms with Gasteiger partial charge in [0.2, 0.25) is 0 Å². The molecule has 0 saturated carbocycles. The van der Waals surface area contributed by atoms with E-state index < -0.39 is 0 Å². The lowest BCUT2D eigenvalue weighted by Crippen LogP contribution is -2.13.